The van der Waals surface area contributed by atoms with Crippen molar-refractivity contribution in [1.29, 1.82) is 0 Å². The number of nitrogens with one attached hydrogen (secondary N) is 1. The van der Waals surface area contributed by atoms with Crippen LogP contribution in [0.15, 0.2) is 36.4 Å². The van der Waals surface area contributed by atoms with Crippen LogP contribution in [0, 0.1) is 15.9 Å². The highest BCUT2D eigenvalue weighted by molar-refractivity contribution is 5.94. The van der Waals surface area contributed by atoms with Gasteiger partial charge in [-0.05, 0) is 30.3 Å². The van der Waals surface area contributed by atoms with Crippen molar-refractivity contribution in [3.63, 3.8) is 0 Å². The molecule has 0 radical (unpaired) electrons. The Hall–Kier alpha value is -3.40. The average Bonchev–Trinajstić information content (AvgIpc) is 3.23. The second-order valence-electron chi connectivity index (χ2n) is 7.79. The first-order valence-electron chi connectivity index (χ1n) is 10.7. The summed E-state index contributed by atoms with van der Waals surface area (Å²) in [6.07, 6.45) is -0.549. The van der Waals surface area contributed by atoms with E-state index in [9.17, 15) is 19.3 Å². The largest absolute Gasteiger partial charge is 0.447 e. The van der Waals surface area contributed by atoms with Crippen LogP contribution >= 0.6 is 0 Å². The van der Waals surface area contributed by atoms with Gasteiger partial charge in [0.15, 0.2) is 0 Å². The Morgan fingerprint density at radius 3 is 2.50 bits per heavy atom. The molecule has 2 aliphatic heterocycles. The number of halogens is 1. The lowest BCUT2D eigenvalue weighted by Crippen LogP contribution is -2.46. The van der Waals surface area contributed by atoms with Gasteiger partial charge in [0.05, 0.1) is 28.5 Å². The van der Waals surface area contributed by atoms with Crippen LogP contribution in [0.4, 0.5) is 31.9 Å². The Kier molecular flexibility index (Phi) is 6.40. The van der Waals surface area contributed by atoms with E-state index >= 15 is 0 Å². The van der Waals surface area contributed by atoms with Gasteiger partial charge in [-0.3, -0.25) is 15.0 Å². The van der Waals surface area contributed by atoms with Gasteiger partial charge in [-0.25, -0.2) is 9.18 Å². The summed E-state index contributed by atoms with van der Waals surface area (Å²) in [7, 11) is 0. The fourth-order valence-electron chi connectivity index (χ4n) is 4.04. The number of nitro benzene ring substituents is 1. The molecule has 4 rings (SSSR count). The van der Waals surface area contributed by atoms with Gasteiger partial charge in [-0.1, -0.05) is 13.0 Å². The fourth-order valence-corrected chi connectivity index (χ4v) is 4.04. The van der Waals surface area contributed by atoms with Crippen molar-refractivity contribution < 1.29 is 18.8 Å². The van der Waals surface area contributed by atoms with Crippen molar-refractivity contribution >= 4 is 28.8 Å². The summed E-state index contributed by atoms with van der Waals surface area (Å²) < 4.78 is 19.8. The van der Waals surface area contributed by atoms with Crippen LogP contribution in [0.1, 0.15) is 12.5 Å². The Morgan fingerprint density at radius 1 is 1.09 bits per heavy atom. The van der Waals surface area contributed by atoms with Gasteiger partial charge in [0.2, 0.25) is 0 Å². The molecule has 2 aromatic carbocycles. The van der Waals surface area contributed by atoms with Crippen LogP contribution < -0.4 is 15.1 Å². The average molecular weight is 443 g/mol. The maximum atomic E-state index is 14.8. The number of likely N-dealkylation sites (N-methyl/N-ethyl adjacent to an activating group) is 1. The number of cyclic esters (lactones) is 1. The van der Waals surface area contributed by atoms with Gasteiger partial charge in [-0.15, -0.1) is 0 Å². The zero-order chi connectivity index (χ0) is 22.7. The Bertz CT molecular complexity index is 1010. The lowest BCUT2D eigenvalue weighted by atomic mass is 10.1. The zero-order valence-corrected chi connectivity index (χ0v) is 17.9. The molecule has 32 heavy (non-hydrogen) atoms. The number of amides is 1. The zero-order valence-electron chi connectivity index (χ0n) is 17.9. The number of hydrogen-bond donors (Lipinski definition) is 1. The van der Waals surface area contributed by atoms with Gasteiger partial charge >= 0.3 is 6.09 Å². The van der Waals surface area contributed by atoms with E-state index < -0.39 is 11.0 Å². The number of carbonyl (C=O) groups excluding carboxylic acids is 1. The lowest BCUT2D eigenvalue weighted by Gasteiger charge is -2.35. The highest BCUT2D eigenvalue weighted by Gasteiger charge is 2.27. The second kappa shape index (κ2) is 9.39. The third-order valence-electron chi connectivity index (χ3n) is 5.90. The van der Waals surface area contributed by atoms with Gasteiger partial charge in [-0.2, -0.15) is 0 Å². The topological polar surface area (TPSA) is 91.2 Å². The Morgan fingerprint density at radius 2 is 1.88 bits per heavy atom. The van der Waals surface area contributed by atoms with Gasteiger partial charge in [0.25, 0.3) is 5.69 Å². The number of non-ortho nitro benzene ring substituents is 1. The highest BCUT2D eigenvalue weighted by Crippen LogP contribution is 2.33. The number of carbonyl (C=O) groups is 1. The monoisotopic (exact) mass is 443 g/mol. The van der Waals surface area contributed by atoms with Gasteiger partial charge in [0.1, 0.15) is 12.4 Å². The first-order chi connectivity index (χ1) is 15.5. The Labute approximate surface area is 185 Å². The van der Waals surface area contributed by atoms with Crippen molar-refractivity contribution in [3.8, 4) is 0 Å². The van der Waals surface area contributed by atoms with Crippen molar-refractivity contribution in [1.82, 2.24) is 4.90 Å². The SMILES string of the molecule is CCN1CCN(c2ccc(CNc3ccc([N+](=O)[O-])cc3N3CCOC3=O)cc2F)CC1. The number of benzene rings is 2. The fraction of sp³-hybridized carbons (Fsp3) is 0.409. The van der Waals surface area contributed by atoms with Crippen molar-refractivity contribution in [3.05, 3.63) is 57.9 Å². The summed E-state index contributed by atoms with van der Waals surface area (Å²) >= 11 is 0. The molecule has 0 bridgehead atoms. The minimum Gasteiger partial charge on any atom is -0.447 e. The minimum atomic E-state index is -0.549. The van der Waals surface area contributed by atoms with E-state index in [-0.39, 0.29) is 18.1 Å². The molecule has 170 valence electrons. The molecule has 2 fully saturated rings. The van der Waals surface area contributed by atoms with E-state index in [1.807, 2.05) is 6.07 Å². The number of nitro groups is 1. The number of rotatable bonds is 7. The van der Waals surface area contributed by atoms with Crippen LogP contribution in [0.25, 0.3) is 0 Å². The summed E-state index contributed by atoms with van der Waals surface area (Å²) in [5.41, 5.74) is 2.11. The number of piperazine rings is 1. The molecule has 0 spiro atoms. The first-order valence-corrected chi connectivity index (χ1v) is 10.7. The molecule has 2 aliphatic rings. The standard InChI is InChI=1S/C22H26FN5O4/c1-2-25-7-9-26(10-8-25)20-6-3-16(13-18(20)23)15-24-19-5-4-17(28(30)31)14-21(19)27-11-12-32-22(27)29/h3-6,13-14,24H,2,7-12,15H2,1H3. The third-order valence-corrected chi connectivity index (χ3v) is 5.90. The van der Waals surface area contributed by atoms with E-state index in [2.05, 4.69) is 22.0 Å². The number of nitrogens with zero attached hydrogens (tertiary/aromatic N) is 4. The molecule has 0 aromatic heterocycles. The van der Waals surface area contributed by atoms with Crippen molar-refractivity contribution in [2.45, 2.75) is 13.5 Å². The van der Waals surface area contributed by atoms with E-state index in [1.165, 1.54) is 23.1 Å². The van der Waals surface area contributed by atoms with E-state index in [0.29, 0.717) is 30.2 Å². The molecule has 1 amide bonds. The smallest absolute Gasteiger partial charge is 0.414 e. The molecule has 9 nitrogen and oxygen atoms in total. The summed E-state index contributed by atoms with van der Waals surface area (Å²) in [6.45, 7) is 7.38. The third kappa shape index (κ3) is 4.59. The molecule has 0 saturated carbocycles. The molecule has 2 saturated heterocycles. The second-order valence-corrected chi connectivity index (χ2v) is 7.79. The highest BCUT2D eigenvalue weighted by atomic mass is 19.1. The normalized spacial score (nSPS) is 16.9. The molecule has 0 aliphatic carbocycles. The number of hydrogen-bond acceptors (Lipinski definition) is 7. The predicted octanol–water partition coefficient (Wildman–Crippen LogP) is 3.44. The molecule has 1 N–H and O–H groups in total. The van der Waals surface area contributed by atoms with Crippen LogP contribution in [0.2, 0.25) is 0 Å². The molecule has 10 heteroatoms. The first kappa shape index (κ1) is 21.8. The van der Waals surface area contributed by atoms with Crippen molar-refractivity contribution in [2.24, 2.45) is 0 Å². The van der Waals surface area contributed by atoms with Crippen LogP contribution in [0.3, 0.4) is 0 Å². The van der Waals surface area contributed by atoms with Gasteiger partial charge < -0.3 is 19.9 Å². The molecule has 0 unspecified atom stereocenters. The maximum absolute atomic E-state index is 14.8. The quantitative estimate of drug-likeness (QED) is 0.518. The Balaban J connectivity index is 1.48. The summed E-state index contributed by atoms with van der Waals surface area (Å²) in [6, 6.07) is 9.43. The minimum absolute atomic E-state index is 0.121. The predicted molar refractivity (Wildman–Crippen MR) is 120 cm³/mol. The molecular weight excluding hydrogens is 417 g/mol. The van der Waals surface area contributed by atoms with Crippen LogP contribution in [-0.4, -0.2) is 61.8 Å². The maximum Gasteiger partial charge on any atom is 0.414 e. The van der Waals surface area contributed by atoms with Gasteiger partial charge in [0, 0.05) is 44.9 Å². The molecule has 2 heterocycles. The van der Waals surface area contributed by atoms with E-state index in [4.69, 9.17) is 4.74 Å². The summed E-state index contributed by atoms with van der Waals surface area (Å²) in [4.78, 5) is 28.4. The van der Waals surface area contributed by atoms with E-state index in [0.717, 1.165) is 38.3 Å². The summed E-state index contributed by atoms with van der Waals surface area (Å²) in [5.74, 6) is -0.277. The van der Waals surface area contributed by atoms with Crippen LogP contribution in [0.5, 0.6) is 0 Å². The number of ether oxygens (including phenoxy) is 1. The lowest BCUT2D eigenvalue weighted by molar-refractivity contribution is -0.384. The molecule has 0 atom stereocenters. The van der Waals surface area contributed by atoms with Crippen LogP contribution in [-0.2, 0) is 11.3 Å². The van der Waals surface area contributed by atoms with Crippen molar-refractivity contribution in [2.75, 3.05) is 61.0 Å². The molecule has 2 aromatic rings. The molecular formula is C22H26FN5O4. The number of anilines is 3. The summed E-state index contributed by atoms with van der Waals surface area (Å²) in [5, 5.41) is 14.4. The van der Waals surface area contributed by atoms with E-state index in [1.54, 1.807) is 12.1 Å².